The zero-order chi connectivity index (χ0) is 20.2. The van der Waals surface area contributed by atoms with Crippen molar-refractivity contribution in [3.63, 3.8) is 0 Å². The van der Waals surface area contributed by atoms with Crippen LogP contribution < -0.4 is 108 Å². The number of sulfone groups is 1. The summed E-state index contributed by atoms with van der Waals surface area (Å²) >= 11 is 12.4. The van der Waals surface area contributed by atoms with Gasteiger partial charge in [-0.25, -0.2) is 16.8 Å². The molecule has 0 fully saturated rings. The molecular weight excluding hydrogens is 541 g/mol. The van der Waals surface area contributed by atoms with Crippen LogP contribution in [0.15, 0.2) is 46.2 Å². The number of rotatable bonds is 8. The average Bonchev–Trinajstić information content (AvgIpc) is 2.57. The van der Waals surface area contributed by atoms with E-state index in [4.69, 9.17) is 23.2 Å². The maximum atomic E-state index is 12.8. The van der Waals surface area contributed by atoms with Crippen molar-refractivity contribution in [3.05, 3.63) is 57.6 Å². The molecule has 0 radical (unpaired) electrons. The molecule has 15 heteroatoms. The molecule has 0 saturated carbocycles. The Morgan fingerprint density at radius 3 is 1.86 bits per heavy atom. The quantitative estimate of drug-likeness (QED) is 0.0811. The predicted octanol–water partition coefficient (Wildman–Crippen LogP) is -3.75. The van der Waals surface area contributed by atoms with Crippen LogP contribution in [0.25, 0.3) is 0 Å². The molecule has 0 unspecified atom stereocenters. The van der Waals surface area contributed by atoms with Gasteiger partial charge >= 0.3 is 103 Å². The molecular formula is C14H10Cl2K2O8S3. The summed E-state index contributed by atoms with van der Waals surface area (Å²) in [5, 5.41) is 13.2. The van der Waals surface area contributed by atoms with E-state index in [9.17, 15) is 26.6 Å². The maximum absolute atomic E-state index is 12.8. The second-order valence-electron chi connectivity index (χ2n) is 5.11. The molecule has 2 rings (SSSR count). The molecule has 0 aliphatic rings. The van der Waals surface area contributed by atoms with Crippen molar-refractivity contribution < 1.29 is 139 Å². The van der Waals surface area contributed by atoms with E-state index in [1.165, 1.54) is 30.3 Å². The molecule has 0 spiro atoms. The summed E-state index contributed by atoms with van der Waals surface area (Å²) < 4.78 is 62.7. The number of halogens is 2. The Labute approximate surface area is 267 Å². The van der Waals surface area contributed by atoms with Crippen molar-refractivity contribution in [2.75, 3.05) is 0 Å². The molecule has 0 amide bonds. The molecule has 8 nitrogen and oxygen atoms in total. The third-order valence-electron chi connectivity index (χ3n) is 3.28. The molecule has 0 bridgehead atoms. The van der Waals surface area contributed by atoms with Crippen LogP contribution in [0, 0.1) is 0 Å². The van der Waals surface area contributed by atoms with E-state index in [-0.39, 0.29) is 134 Å². The normalized spacial score (nSPS) is 11.4. The fourth-order valence-electron chi connectivity index (χ4n) is 2.09. The van der Waals surface area contributed by atoms with Gasteiger partial charge in [-0.2, -0.15) is 4.33 Å². The first-order valence-electron chi connectivity index (χ1n) is 6.88. The minimum atomic E-state index is -4.65. The molecule has 0 atom stereocenters. The van der Waals surface area contributed by atoms with Crippen LogP contribution in [0.1, 0.15) is 11.1 Å². The summed E-state index contributed by atoms with van der Waals surface area (Å²) in [5.41, 5.74) is 0.231. The topological polar surface area (TPSA) is 133 Å². The van der Waals surface area contributed by atoms with Gasteiger partial charge in [-0.3, -0.25) is 5.04 Å². The first-order chi connectivity index (χ1) is 12.5. The van der Waals surface area contributed by atoms with Gasteiger partial charge in [0.05, 0.1) is 25.7 Å². The minimum Gasteiger partial charge on any atom is -0.748 e. The van der Waals surface area contributed by atoms with E-state index >= 15 is 0 Å². The fourth-order valence-corrected chi connectivity index (χ4v) is 5.05. The largest absolute Gasteiger partial charge is 1.00 e. The van der Waals surface area contributed by atoms with Crippen LogP contribution in [0.3, 0.4) is 0 Å². The summed E-state index contributed by atoms with van der Waals surface area (Å²) in [7, 11) is -8.71. The molecule has 0 aliphatic heterocycles. The van der Waals surface area contributed by atoms with Gasteiger partial charge in [0.1, 0.15) is 0 Å². The number of benzene rings is 2. The molecule has 29 heavy (non-hydrogen) atoms. The summed E-state index contributed by atoms with van der Waals surface area (Å²) in [6, 6.07) is 7.30. The van der Waals surface area contributed by atoms with Crippen molar-refractivity contribution in [1.82, 2.24) is 0 Å². The first-order valence-corrected chi connectivity index (χ1v) is 11.6. The van der Waals surface area contributed by atoms with Crippen LogP contribution in [-0.4, -0.2) is 21.4 Å². The van der Waals surface area contributed by atoms with Gasteiger partial charge in [0.25, 0.3) is 0 Å². The Morgan fingerprint density at radius 2 is 1.38 bits per heavy atom. The monoisotopic (exact) mass is 550 g/mol. The van der Waals surface area contributed by atoms with E-state index in [0.717, 1.165) is 6.07 Å². The van der Waals surface area contributed by atoms with Crippen LogP contribution in [-0.2, 0) is 40.8 Å². The SMILES string of the molecule is O=S(=O)([O-])Cc1cc(S(=O)(=O)c2ccc(Cl)c(CSOO[O-])c2)ccc1Cl.[K+].[K+]. The zero-order valence-electron chi connectivity index (χ0n) is 15.1. The Kier molecular flexibility index (Phi) is 15.1. The van der Waals surface area contributed by atoms with Crippen molar-refractivity contribution in [2.24, 2.45) is 0 Å². The van der Waals surface area contributed by atoms with E-state index in [1.54, 1.807) is 0 Å². The summed E-state index contributed by atoms with van der Waals surface area (Å²) in [6.07, 6.45) is 0. The predicted molar refractivity (Wildman–Crippen MR) is 95.2 cm³/mol. The van der Waals surface area contributed by atoms with E-state index in [1.807, 2.05) is 0 Å². The van der Waals surface area contributed by atoms with Crippen LogP contribution in [0.2, 0.25) is 10.0 Å². The first kappa shape index (κ1) is 31.4. The fraction of sp³-hybridized carbons (Fsp3) is 0.143. The van der Waals surface area contributed by atoms with Gasteiger partial charge in [-0.05, 0) is 47.5 Å². The van der Waals surface area contributed by atoms with Crippen molar-refractivity contribution in [1.29, 1.82) is 0 Å². The molecule has 2 aromatic rings. The third-order valence-corrected chi connectivity index (χ3v) is 7.01. The van der Waals surface area contributed by atoms with Crippen LogP contribution in [0.4, 0.5) is 0 Å². The van der Waals surface area contributed by atoms with Crippen molar-refractivity contribution in [3.8, 4) is 0 Å². The van der Waals surface area contributed by atoms with E-state index in [0.29, 0.717) is 17.6 Å². The molecule has 148 valence electrons. The molecule has 2 aromatic carbocycles. The summed E-state index contributed by atoms with van der Waals surface area (Å²) in [6.45, 7) is 0. The van der Waals surface area contributed by atoms with Gasteiger partial charge < -0.3 is 9.81 Å². The number of hydrogen-bond acceptors (Lipinski definition) is 9. The van der Waals surface area contributed by atoms with Gasteiger partial charge in [0.15, 0.2) is 0 Å². The third kappa shape index (κ3) is 9.64. The Balaban J connectivity index is 0.00000392. The Hall–Kier alpha value is 2.38. The standard InChI is InChI=1S/C14H12Cl2O8S3.2K/c15-13-3-1-11(5-9(13)7-25-24-23-17)27(21,22)12-2-4-14(16)10(6-12)8-26(18,19)20;;/h1-6,17H,7-8H2,(H,18,19,20);;/q;2*+1/p-2. The van der Waals surface area contributed by atoms with Gasteiger partial charge in [0, 0.05) is 27.8 Å². The molecule has 0 heterocycles. The summed E-state index contributed by atoms with van der Waals surface area (Å²) in [5.74, 6) is -0.908. The number of hydrogen-bond donors (Lipinski definition) is 0. The van der Waals surface area contributed by atoms with Crippen LogP contribution in [0.5, 0.6) is 0 Å². The molecule has 0 N–H and O–H groups in total. The Bertz CT molecular complexity index is 1050. The van der Waals surface area contributed by atoms with E-state index in [2.05, 4.69) is 9.37 Å². The van der Waals surface area contributed by atoms with Crippen LogP contribution >= 0.6 is 35.2 Å². The van der Waals surface area contributed by atoms with Gasteiger partial charge in [-0.15, -0.1) is 0 Å². The van der Waals surface area contributed by atoms with Crippen molar-refractivity contribution >= 4 is 55.2 Å². The smallest absolute Gasteiger partial charge is 0.748 e. The average molecular weight is 552 g/mol. The molecule has 0 aliphatic carbocycles. The van der Waals surface area contributed by atoms with Gasteiger partial charge in [-0.1, -0.05) is 23.2 Å². The van der Waals surface area contributed by atoms with Gasteiger partial charge in [0.2, 0.25) is 9.84 Å². The van der Waals surface area contributed by atoms with Crippen molar-refractivity contribution in [2.45, 2.75) is 21.3 Å². The second kappa shape index (κ2) is 13.9. The van der Waals surface area contributed by atoms with E-state index < -0.39 is 25.7 Å². The second-order valence-corrected chi connectivity index (χ2v) is 9.94. The maximum Gasteiger partial charge on any atom is 1.00 e. The molecule has 0 saturated heterocycles. The summed E-state index contributed by atoms with van der Waals surface area (Å²) in [4.78, 5) is -0.380. The zero-order valence-corrected chi connectivity index (χ0v) is 25.3. The molecule has 0 aromatic heterocycles. The minimum absolute atomic E-state index is 0. The Morgan fingerprint density at radius 1 is 0.897 bits per heavy atom.